The zero-order chi connectivity index (χ0) is 19.0. The smallest absolute Gasteiger partial charge is 0.379 e. The SMILES string of the molecule is CCS(=O)(=O)N1CC(CNc2cc(Cl)c(C(F)(F)F)cc2[N+](=O)[O-])C1. The Hall–Kier alpha value is -1.59. The van der Waals surface area contributed by atoms with E-state index >= 15 is 0 Å². The van der Waals surface area contributed by atoms with Gasteiger partial charge in [0, 0.05) is 31.6 Å². The van der Waals surface area contributed by atoms with E-state index < -0.39 is 37.4 Å². The molecule has 0 spiro atoms. The van der Waals surface area contributed by atoms with E-state index in [2.05, 4.69) is 5.32 Å². The van der Waals surface area contributed by atoms with E-state index in [9.17, 15) is 31.7 Å². The van der Waals surface area contributed by atoms with Gasteiger partial charge in [-0.05, 0) is 13.0 Å². The zero-order valence-corrected chi connectivity index (χ0v) is 14.6. The van der Waals surface area contributed by atoms with Crippen LogP contribution in [0.3, 0.4) is 0 Å². The van der Waals surface area contributed by atoms with E-state index in [-0.39, 0.29) is 37.0 Å². The highest BCUT2D eigenvalue weighted by atomic mass is 35.5. The van der Waals surface area contributed by atoms with Crippen LogP contribution in [0.1, 0.15) is 12.5 Å². The molecule has 25 heavy (non-hydrogen) atoms. The number of hydrogen-bond donors (Lipinski definition) is 1. The molecule has 0 unspecified atom stereocenters. The lowest BCUT2D eigenvalue weighted by molar-refractivity contribution is -0.384. The van der Waals surface area contributed by atoms with Crippen LogP contribution in [0.5, 0.6) is 0 Å². The summed E-state index contributed by atoms with van der Waals surface area (Å²) < 4.78 is 62.9. The predicted octanol–water partition coefficient (Wildman–Crippen LogP) is 2.96. The summed E-state index contributed by atoms with van der Waals surface area (Å²) >= 11 is 5.59. The van der Waals surface area contributed by atoms with E-state index in [1.807, 2.05) is 0 Å². The van der Waals surface area contributed by atoms with Crippen molar-refractivity contribution in [1.29, 1.82) is 0 Å². The Morgan fingerprint density at radius 1 is 1.40 bits per heavy atom. The van der Waals surface area contributed by atoms with Crippen LogP contribution in [0.4, 0.5) is 24.5 Å². The van der Waals surface area contributed by atoms with Crippen molar-refractivity contribution < 1.29 is 26.5 Å². The summed E-state index contributed by atoms with van der Waals surface area (Å²) in [5.41, 5.74) is -2.16. The first kappa shape index (κ1) is 19.7. The van der Waals surface area contributed by atoms with Gasteiger partial charge < -0.3 is 5.32 Å². The molecule has 0 amide bonds. The third kappa shape index (κ3) is 4.33. The number of nitro benzene ring substituents is 1. The average Bonchev–Trinajstić information content (AvgIpc) is 2.43. The fourth-order valence-corrected chi connectivity index (χ4v) is 3.90. The molecule has 0 radical (unpaired) electrons. The van der Waals surface area contributed by atoms with Crippen LogP contribution < -0.4 is 5.32 Å². The molecule has 0 bridgehead atoms. The van der Waals surface area contributed by atoms with Crippen molar-refractivity contribution in [3.63, 3.8) is 0 Å². The summed E-state index contributed by atoms with van der Waals surface area (Å²) in [5, 5.41) is 13.1. The van der Waals surface area contributed by atoms with Gasteiger partial charge in [-0.25, -0.2) is 12.7 Å². The van der Waals surface area contributed by atoms with E-state index in [4.69, 9.17) is 11.6 Å². The minimum absolute atomic E-state index is 0.0207. The van der Waals surface area contributed by atoms with Crippen LogP contribution in [0.25, 0.3) is 0 Å². The van der Waals surface area contributed by atoms with Gasteiger partial charge in [-0.3, -0.25) is 10.1 Å². The molecule has 12 heteroatoms. The van der Waals surface area contributed by atoms with Crippen LogP contribution >= 0.6 is 11.6 Å². The molecular weight excluding hydrogens is 387 g/mol. The number of rotatable bonds is 6. The van der Waals surface area contributed by atoms with Gasteiger partial charge in [-0.2, -0.15) is 13.2 Å². The van der Waals surface area contributed by atoms with Crippen molar-refractivity contribution in [3.05, 3.63) is 32.8 Å². The van der Waals surface area contributed by atoms with Gasteiger partial charge >= 0.3 is 6.18 Å². The van der Waals surface area contributed by atoms with Crippen LogP contribution in [-0.4, -0.2) is 43.0 Å². The summed E-state index contributed by atoms with van der Waals surface area (Å²) in [6.07, 6.45) is -4.80. The molecule has 1 saturated heterocycles. The van der Waals surface area contributed by atoms with Crippen LogP contribution in [0.2, 0.25) is 5.02 Å². The van der Waals surface area contributed by atoms with E-state index in [0.29, 0.717) is 6.07 Å². The molecule has 0 aliphatic carbocycles. The quantitative estimate of drug-likeness (QED) is 0.584. The molecule has 1 aliphatic rings. The second-order valence-electron chi connectivity index (χ2n) is 5.57. The van der Waals surface area contributed by atoms with Gasteiger partial charge in [0.25, 0.3) is 5.69 Å². The molecule has 0 atom stereocenters. The zero-order valence-electron chi connectivity index (χ0n) is 13.0. The Labute approximate surface area is 147 Å². The highest BCUT2D eigenvalue weighted by Crippen LogP contribution is 2.40. The summed E-state index contributed by atoms with van der Waals surface area (Å²) in [5.74, 6) is -0.116. The Bertz CT molecular complexity index is 779. The van der Waals surface area contributed by atoms with Crippen molar-refractivity contribution in [2.24, 2.45) is 5.92 Å². The summed E-state index contributed by atoms with van der Waals surface area (Å²) in [7, 11) is -3.28. The minimum Gasteiger partial charge on any atom is -0.379 e. The number of halogens is 4. The normalized spacial score (nSPS) is 16.5. The fraction of sp³-hybridized carbons (Fsp3) is 0.538. The van der Waals surface area contributed by atoms with E-state index in [0.717, 1.165) is 6.07 Å². The van der Waals surface area contributed by atoms with Crippen molar-refractivity contribution in [3.8, 4) is 0 Å². The number of nitro groups is 1. The average molecular weight is 402 g/mol. The third-order valence-corrected chi connectivity index (χ3v) is 5.98. The highest BCUT2D eigenvalue weighted by Gasteiger charge is 2.37. The number of nitrogens with one attached hydrogen (secondary N) is 1. The van der Waals surface area contributed by atoms with Crippen LogP contribution in [0, 0.1) is 16.0 Å². The molecule has 1 aromatic carbocycles. The largest absolute Gasteiger partial charge is 0.418 e. The van der Waals surface area contributed by atoms with E-state index in [1.165, 1.54) is 11.2 Å². The number of anilines is 1. The first-order valence-corrected chi connectivity index (χ1v) is 9.21. The Kier molecular flexibility index (Phi) is 5.50. The van der Waals surface area contributed by atoms with Gasteiger partial charge in [0.05, 0.1) is 21.3 Å². The molecule has 1 fully saturated rings. The van der Waals surface area contributed by atoms with Gasteiger partial charge in [0.1, 0.15) is 5.69 Å². The number of sulfonamides is 1. The molecule has 1 aliphatic heterocycles. The summed E-state index contributed by atoms with van der Waals surface area (Å²) in [6.45, 7) is 2.21. The minimum atomic E-state index is -4.80. The standard InChI is InChI=1S/C13H15ClF3N3O4S/c1-2-25(23,24)19-6-8(7-19)5-18-11-4-10(14)9(13(15,16)17)3-12(11)20(21)22/h3-4,8,18H,2,5-7H2,1H3. The number of hydrogen-bond acceptors (Lipinski definition) is 5. The van der Waals surface area contributed by atoms with Gasteiger partial charge in [0.15, 0.2) is 0 Å². The Morgan fingerprint density at radius 2 is 2.00 bits per heavy atom. The fourth-order valence-electron chi connectivity index (χ4n) is 2.39. The summed E-state index contributed by atoms with van der Waals surface area (Å²) in [4.78, 5) is 10.1. The molecule has 140 valence electrons. The van der Waals surface area contributed by atoms with Crippen molar-refractivity contribution in [1.82, 2.24) is 4.31 Å². The molecule has 1 heterocycles. The molecule has 7 nitrogen and oxygen atoms in total. The second kappa shape index (κ2) is 6.96. The van der Waals surface area contributed by atoms with Crippen molar-refractivity contribution in [2.45, 2.75) is 13.1 Å². The molecule has 0 aromatic heterocycles. The second-order valence-corrected chi connectivity index (χ2v) is 8.23. The van der Waals surface area contributed by atoms with Crippen LogP contribution in [-0.2, 0) is 16.2 Å². The number of nitrogens with zero attached hydrogens (tertiary/aromatic N) is 2. The predicted molar refractivity (Wildman–Crippen MR) is 86.1 cm³/mol. The van der Waals surface area contributed by atoms with E-state index in [1.54, 1.807) is 0 Å². The third-order valence-electron chi connectivity index (χ3n) is 3.85. The molecule has 1 aromatic rings. The topological polar surface area (TPSA) is 92.6 Å². The Morgan fingerprint density at radius 3 is 2.48 bits per heavy atom. The molecule has 1 N–H and O–H groups in total. The summed E-state index contributed by atoms with van der Waals surface area (Å²) in [6, 6.07) is 1.25. The van der Waals surface area contributed by atoms with Crippen molar-refractivity contribution in [2.75, 3.05) is 30.7 Å². The lowest BCUT2D eigenvalue weighted by Gasteiger charge is -2.38. The maximum Gasteiger partial charge on any atom is 0.418 e. The molecular formula is C13H15ClF3N3O4S. The lowest BCUT2D eigenvalue weighted by atomic mass is 10.0. The first-order valence-electron chi connectivity index (χ1n) is 7.22. The maximum absolute atomic E-state index is 12.8. The molecule has 0 saturated carbocycles. The van der Waals surface area contributed by atoms with Crippen molar-refractivity contribution >= 4 is 33.0 Å². The van der Waals surface area contributed by atoms with Gasteiger partial charge in [0.2, 0.25) is 10.0 Å². The monoisotopic (exact) mass is 401 g/mol. The van der Waals surface area contributed by atoms with Gasteiger partial charge in [-0.15, -0.1) is 0 Å². The maximum atomic E-state index is 12.8. The highest BCUT2D eigenvalue weighted by molar-refractivity contribution is 7.89. The van der Waals surface area contributed by atoms with Crippen LogP contribution in [0.15, 0.2) is 12.1 Å². The number of benzene rings is 1. The molecule has 2 rings (SSSR count). The number of alkyl halides is 3. The lowest BCUT2D eigenvalue weighted by Crippen LogP contribution is -2.52. The first-order chi connectivity index (χ1) is 11.5. The van der Waals surface area contributed by atoms with Gasteiger partial charge in [-0.1, -0.05) is 11.6 Å². The Balaban J connectivity index is 2.11.